The minimum atomic E-state index is -2.46. The molecule has 0 aliphatic carbocycles. The molecule has 0 saturated heterocycles. The van der Waals surface area contributed by atoms with Crippen LogP contribution in [0.15, 0.2) is 0 Å². The van der Waals surface area contributed by atoms with Crippen LogP contribution in [-0.2, 0) is 13.3 Å². The van der Waals surface area contributed by atoms with Gasteiger partial charge in [-0.15, -0.1) is 0 Å². The summed E-state index contributed by atoms with van der Waals surface area (Å²) < 4.78 is 17.7. The van der Waals surface area contributed by atoms with Gasteiger partial charge in [-0.2, -0.15) is 0 Å². The molecule has 20 heavy (non-hydrogen) atoms. The van der Waals surface area contributed by atoms with Gasteiger partial charge in [0.05, 0.1) is 0 Å². The van der Waals surface area contributed by atoms with Crippen molar-refractivity contribution in [2.24, 2.45) is 0 Å². The molecule has 0 unspecified atom stereocenters. The molecule has 0 aliphatic heterocycles. The zero-order chi connectivity index (χ0) is 15.6. The fourth-order valence-electron chi connectivity index (χ4n) is 2.59. The molecule has 0 radical (unpaired) electrons. The number of nitrogens with zero attached hydrogens (tertiary/aromatic N) is 1. The summed E-state index contributed by atoms with van der Waals surface area (Å²) in [7, 11) is -2.46. The molecule has 0 heterocycles. The Bertz CT molecular complexity index is 212. The minimum absolute atomic E-state index is 0.567. The highest BCUT2D eigenvalue weighted by Gasteiger charge is 2.39. The summed E-state index contributed by atoms with van der Waals surface area (Å²) in [6.45, 7) is 18.1. The third-order valence-electron chi connectivity index (χ3n) is 3.32. The van der Waals surface area contributed by atoms with Crippen molar-refractivity contribution < 1.29 is 13.3 Å². The molecular formula is C15H35NO3Si. The first-order valence-corrected chi connectivity index (χ1v) is 10.0. The average Bonchev–Trinajstić information content (AvgIpc) is 2.34. The van der Waals surface area contributed by atoms with E-state index >= 15 is 0 Å². The van der Waals surface area contributed by atoms with E-state index in [1.807, 2.05) is 20.8 Å². The Morgan fingerprint density at radius 1 is 0.800 bits per heavy atom. The summed E-state index contributed by atoms with van der Waals surface area (Å²) in [6, 6.07) is 2.04. The SMILES string of the molecule is CCO[Si](CCCN(C(C)C)C(C)C)(OCC)OCC. The maximum atomic E-state index is 5.89. The van der Waals surface area contributed by atoms with E-state index in [9.17, 15) is 0 Å². The summed E-state index contributed by atoms with van der Waals surface area (Å²) in [5, 5.41) is 0. The molecule has 0 amide bonds. The number of rotatable bonds is 12. The van der Waals surface area contributed by atoms with Crippen LogP contribution in [0, 0.1) is 0 Å². The topological polar surface area (TPSA) is 30.9 Å². The van der Waals surface area contributed by atoms with E-state index in [1.54, 1.807) is 0 Å². The predicted molar refractivity (Wildman–Crippen MR) is 87.0 cm³/mol. The van der Waals surface area contributed by atoms with Crippen LogP contribution in [0.4, 0.5) is 0 Å². The Kier molecular flexibility index (Phi) is 10.8. The van der Waals surface area contributed by atoms with Crippen LogP contribution in [0.25, 0.3) is 0 Å². The van der Waals surface area contributed by atoms with Crippen molar-refractivity contribution in [3.8, 4) is 0 Å². The summed E-state index contributed by atoms with van der Waals surface area (Å²) in [5.41, 5.74) is 0. The minimum Gasteiger partial charge on any atom is -0.374 e. The summed E-state index contributed by atoms with van der Waals surface area (Å²) in [5.74, 6) is 0. The van der Waals surface area contributed by atoms with Gasteiger partial charge in [0.1, 0.15) is 0 Å². The highest BCUT2D eigenvalue weighted by atomic mass is 28.4. The van der Waals surface area contributed by atoms with Crippen LogP contribution in [0.1, 0.15) is 54.9 Å². The average molecular weight is 306 g/mol. The van der Waals surface area contributed by atoms with Crippen molar-refractivity contribution in [1.29, 1.82) is 0 Å². The van der Waals surface area contributed by atoms with Gasteiger partial charge in [-0.25, -0.2) is 0 Å². The maximum absolute atomic E-state index is 5.89. The second kappa shape index (κ2) is 10.7. The third-order valence-corrected chi connectivity index (χ3v) is 6.47. The summed E-state index contributed by atoms with van der Waals surface area (Å²) in [6.07, 6.45) is 1.06. The second-order valence-corrected chi connectivity index (χ2v) is 8.24. The Morgan fingerprint density at radius 3 is 1.50 bits per heavy atom. The molecule has 0 aromatic rings. The van der Waals surface area contributed by atoms with Crippen LogP contribution in [0.2, 0.25) is 6.04 Å². The van der Waals surface area contributed by atoms with E-state index in [0.29, 0.717) is 31.9 Å². The highest BCUT2D eigenvalue weighted by molar-refractivity contribution is 6.60. The molecule has 0 bridgehead atoms. The van der Waals surface area contributed by atoms with E-state index in [4.69, 9.17) is 13.3 Å². The molecule has 0 N–H and O–H groups in total. The van der Waals surface area contributed by atoms with Crippen LogP contribution in [-0.4, -0.2) is 52.2 Å². The van der Waals surface area contributed by atoms with Gasteiger partial charge >= 0.3 is 8.80 Å². The molecule has 0 spiro atoms. The van der Waals surface area contributed by atoms with E-state index < -0.39 is 8.80 Å². The smallest absolute Gasteiger partial charge is 0.374 e. The zero-order valence-corrected chi connectivity index (χ0v) is 15.6. The Hall–Kier alpha value is 0.0569. The van der Waals surface area contributed by atoms with Gasteiger partial charge in [-0.1, -0.05) is 0 Å². The van der Waals surface area contributed by atoms with Gasteiger partial charge in [0.2, 0.25) is 0 Å². The molecule has 0 aromatic carbocycles. The van der Waals surface area contributed by atoms with Crippen LogP contribution in [0.5, 0.6) is 0 Å². The lowest BCUT2D eigenvalue weighted by atomic mass is 10.2. The fourth-order valence-corrected chi connectivity index (χ4v) is 5.19. The molecule has 4 nitrogen and oxygen atoms in total. The molecule has 122 valence electrons. The Morgan fingerprint density at radius 2 is 1.20 bits per heavy atom. The lowest BCUT2D eigenvalue weighted by molar-refractivity contribution is 0.0687. The fraction of sp³-hybridized carbons (Fsp3) is 1.00. The van der Waals surface area contributed by atoms with Crippen molar-refractivity contribution >= 4 is 8.80 Å². The van der Waals surface area contributed by atoms with Gasteiger partial charge in [-0.3, -0.25) is 4.90 Å². The quantitative estimate of drug-likeness (QED) is 0.516. The molecule has 0 aromatic heterocycles. The summed E-state index contributed by atoms with van der Waals surface area (Å²) in [4.78, 5) is 2.50. The molecular weight excluding hydrogens is 270 g/mol. The number of hydrogen-bond acceptors (Lipinski definition) is 4. The molecule has 0 fully saturated rings. The molecule has 5 heteroatoms. The van der Waals surface area contributed by atoms with Gasteiger partial charge in [-0.05, 0) is 61.4 Å². The highest BCUT2D eigenvalue weighted by Crippen LogP contribution is 2.19. The molecule has 0 aliphatic rings. The lowest BCUT2D eigenvalue weighted by Crippen LogP contribution is -2.47. The first kappa shape index (κ1) is 20.1. The zero-order valence-electron chi connectivity index (χ0n) is 14.6. The largest absolute Gasteiger partial charge is 0.500 e. The second-order valence-electron chi connectivity index (χ2n) is 5.51. The van der Waals surface area contributed by atoms with E-state index in [0.717, 1.165) is 19.0 Å². The normalized spacial score (nSPS) is 12.9. The lowest BCUT2D eigenvalue weighted by Gasteiger charge is -2.33. The van der Waals surface area contributed by atoms with Crippen LogP contribution < -0.4 is 0 Å². The van der Waals surface area contributed by atoms with E-state index in [1.165, 1.54) is 0 Å². The number of hydrogen-bond donors (Lipinski definition) is 0. The van der Waals surface area contributed by atoms with Crippen molar-refractivity contribution in [1.82, 2.24) is 4.90 Å². The third kappa shape index (κ3) is 7.18. The van der Waals surface area contributed by atoms with Crippen molar-refractivity contribution in [3.63, 3.8) is 0 Å². The molecule has 0 saturated carbocycles. The first-order valence-electron chi connectivity index (χ1n) is 8.10. The Labute approximate surface area is 127 Å². The van der Waals surface area contributed by atoms with Crippen LogP contribution >= 0.6 is 0 Å². The first-order chi connectivity index (χ1) is 9.42. The summed E-state index contributed by atoms with van der Waals surface area (Å²) >= 11 is 0. The van der Waals surface area contributed by atoms with E-state index in [2.05, 4.69) is 32.6 Å². The van der Waals surface area contributed by atoms with Crippen molar-refractivity contribution in [3.05, 3.63) is 0 Å². The standard InChI is InChI=1S/C15H35NO3Si/c1-8-17-20(18-9-2,19-10-3)13-11-12-16(14(4)5)15(6)7/h14-15H,8-13H2,1-7H3. The van der Waals surface area contributed by atoms with Gasteiger partial charge < -0.3 is 13.3 Å². The van der Waals surface area contributed by atoms with Crippen molar-refractivity contribution in [2.75, 3.05) is 26.4 Å². The predicted octanol–water partition coefficient (Wildman–Crippen LogP) is 3.54. The van der Waals surface area contributed by atoms with Gasteiger partial charge in [0, 0.05) is 37.9 Å². The Balaban J connectivity index is 4.50. The van der Waals surface area contributed by atoms with Crippen molar-refractivity contribution in [2.45, 2.75) is 73.0 Å². The monoisotopic (exact) mass is 305 g/mol. The molecule has 0 rings (SSSR count). The van der Waals surface area contributed by atoms with Crippen LogP contribution in [0.3, 0.4) is 0 Å². The van der Waals surface area contributed by atoms with E-state index in [-0.39, 0.29) is 0 Å². The van der Waals surface area contributed by atoms with Gasteiger partial charge in [0.15, 0.2) is 0 Å². The maximum Gasteiger partial charge on any atom is 0.500 e. The molecule has 0 atom stereocenters. The van der Waals surface area contributed by atoms with Gasteiger partial charge in [0.25, 0.3) is 0 Å².